The highest BCUT2D eigenvalue weighted by Crippen LogP contribution is 2.62. The van der Waals surface area contributed by atoms with Gasteiger partial charge in [0.25, 0.3) is 0 Å². The van der Waals surface area contributed by atoms with Crippen molar-refractivity contribution >= 4 is 71.1 Å². The Hall–Kier alpha value is -10.0. The van der Waals surface area contributed by atoms with Crippen molar-refractivity contribution in [3.8, 4) is 51.1 Å². The number of ether oxygens (including phenoxy) is 1. The van der Waals surface area contributed by atoms with Crippen molar-refractivity contribution < 1.29 is 4.74 Å². The Kier molecular flexibility index (Phi) is 8.04. The molecule has 0 amide bonds. The molecule has 0 atom stereocenters. The van der Waals surface area contributed by atoms with Crippen molar-refractivity contribution in [2.75, 3.05) is 0 Å². The first kappa shape index (κ1) is 39.8. The molecule has 6 heterocycles. The van der Waals surface area contributed by atoms with Crippen molar-refractivity contribution in [3.63, 3.8) is 0 Å². The average Bonchev–Trinajstić information content (AvgIpc) is 4.17. The quantitative estimate of drug-likeness (QED) is 0.165. The molecule has 0 saturated heterocycles. The summed E-state index contributed by atoms with van der Waals surface area (Å²) in [5.74, 6) is 1.61. The fraction of sp³-hybridized carbons (Fsp3) is 0.0152. The summed E-state index contributed by atoms with van der Waals surface area (Å²) in [6.45, 7) is 8.06. The average molecular weight is 931 g/mol. The minimum Gasteiger partial charge on any atom is -0.457 e. The number of rotatable bonds is 4. The Morgan fingerprint density at radius 1 is 0.356 bits per heavy atom. The third kappa shape index (κ3) is 5.36. The Labute approximate surface area is 418 Å². The van der Waals surface area contributed by atoms with Gasteiger partial charge in [-0.25, -0.2) is 4.85 Å². The van der Waals surface area contributed by atoms with Gasteiger partial charge in [-0.1, -0.05) is 127 Å². The minimum atomic E-state index is -0.813. The van der Waals surface area contributed by atoms with E-state index in [0.717, 1.165) is 117 Å². The highest BCUT2D eigenvalue weighted by Gasteiger charge is 2.53. The first-order chi connectivity index (χ1) is 36.2. The van der Waals surface area contributed by atoms with Crippen molar-refractivity contribution in [2.45, 2.75) is 5.41 Å². The molecule has 5 aromatic heterocycles. The van der Waals surface area contributed by atoms with E-state index in [0.29, 0.717) is 5.69 Å². The number of benzene rings is 9. The number of hydrogen-bond acceptors (Lipinski definition) is 3. The normalized spacial score (nSPS) is 13.1. The fourth-order valence-corrected chi connectivity index (χ4v) is 12.6. The Morgan fingerprint density at radius 3 is 1.40 bits per heavy atom. The van der Waals surface area contributed by atoms with Crippen LogP contribution in [0.4, 0.5) is 5.69 Å². The molecule has 16 rings (SSSR count). The van der Waals surface area contributed by atoms with Gasteiger partial charge in [-0.3, -0.25) is 9.97 Å². The summed E-state index contributed by atoms with van der Waals surface area (Å²) >= 11 is 0. The van der Waals surface area contributed by atoms with Gasteiger partial charge in [-0.05, 0) is 102 Å². The molecule has 338 valence electrons. The number of fused-ring (bicyclic) bond motifs is 18. The lowest BCUT2D eigenvalue weighted by Gasteiger charge is -2.39. The van der Waals surface area contributed by atoms with E-state index in [4.69, 9.17) is 21.3 Å². The molecule has 0 saturated carbocycles. The van der Waals surface area contributed by atoms with Gasteiger partial charge in [0.1, 0.15) is 11.5 Å². The molecule has 0 bridgehead atoms. The van der Waals surface area contributed by atoms with Crippen molar-refractivity contribution in [2.24, 2.45) is 0 Å². The van der Waals surface area contributed by atoms with Crippen LogP contribution in [0.2, 0.25) is 0 Å². The van der Waals surface area contributed by atoms with Crippen LogP contribution in [0.15, 0.2) is 231 Å². The Bertz CT molecular complexity index is 4600. The zero-order chi connectivity index (χ0) is 47.9. The molecule has 1 aliphatic heterocycles. The lowest BCUT2D eigenvalue weighted by Crippen LogP contribution is -2.32. The SMILES string of the molecule is [C-]#[N+]c1ccc2c(c1)c1cc(-c3cnc4c(c3)C3(c5ccccc5Oc5ccccc53)c3cc(-n5c6ccccc6c6ccccc65)cnc3-4)ccc1n2-c1cccc(-n2c3ccccc3c3ccccc32)c1. The highest BCUT2D eigenvalue weighted by atomic mass is 16.5. The van der Waals surface area contributed by atoms with Crippen molar-refractivity contribution in [1.82, 2.24) is 23.7 Å². The van der Waals surface area contributed by atoms with Crippen LogP contribution in [0.25, 0.3) is 110 Å². The molecular weight excluding hydrogens is 893 g/mol. The molecule has 14 aromatic rings. The van der Waals surface area contributed by atoms with E-state index in [1.165, 1.54) is 21.5 Å². The largest absolute Gasteiger partial charge is 0.457 e. The van der Waals surface area contributed by atoms with E-state index in [-0.39, 0.29) is 0 Å². The van der Waals surface area contributed by atoms with Gasteiger partial charge >= 0.3 is 0 Å². The lowest BCUT2D eigenvalue weighted by atomic mass is 9.66. The molecule has 7 nitrogen and oxygen atoms in total. The molecule has 73 heavy (non-hydrogen) atoms. The summed E-state index contributed by atoms with van der Waals surface area (Å²) in [4.78, 5) is 14.7. The molecule has 1 aliphatic carbocycles. The van der Waals surface area contributed by atoms with Crippen LogP contribution in [0, 0.1) is 6.57 Å². The standard InChI is InChI=1S/C66H38N6O/c1-67-42-30-32-61-51(35-42)50-33-40(29-31-60(50)71(61)44-16-14-15-43(36-44)70-56-23-8-2-17-46(56)47-18-3-9-24-57(47)70)41-34-54-64(68-38-41)65-55(66(54)52-21-6-12-27-62(52)73-63-28-13-7-22-53(63)66)37-45(39-69-65)72-58-25-10-4-19-48(58)49-20-5-11-26-59(49)72/h2-39H. The zero-order valence-electron chi connectivity index (χ0n) is 39.0. The van der Waals surface area contributed by atoms with E-state index in [2.05, 4.69) is 213 Å². The topological polar surface area (TPSA) is 54.2 Å². The van der Waals surface area contributed by atoms with Crippen molar-refractivity contribution in [3.05, 3.63) is 264 Å². The second-order valence-corrected chi connectivity index (χ2v) is 19.2. The fourth-order valence-electron chi connectivity index (χ4n) is 12.6. The summed E-state index contributed by atoms with van der Waals surface area (Å²) in [5.41, 5.74) is 17.4. The van der Waals surface area contributed by atoms with Crippen LogP contribution in [0.5, 0.6) is 11.5 Å². The van der Waals surface area contributed by atoms with Gasteiger partial charge in [0.2, 0.25) is 0 Å². The predicted octanol–water partition coefficient (Wildman–Crippen LogP) is 16.5. The van der Waals surface area contributed by atoms with E-state index in [9.17, 15) is 0 Å². The van der Waals surface area contributed by atoms with Gasteiger partial charge in [-0.15, -0.1) is 0 Å². The Morgan fingerprint density at radius 2 is 0.822 bits per heavy atom. The predicted molar refractivity (Wildman–Crippen MR) is 294 cm³/mol. The maximum Gasteiger partial charge on any atom is 0.188 e. The number of aromatic nitrogens is 5. The number of nitrogens with zero attached hydrogens (tertiary/aromatic N) is 6. The summed E-state index contributed by atoms with van der Waals surface area (Å²) in [7, 11) is 0. The van der Waals surface area contributed by atoms with Crippen LogP contribution in [-0.4, -0.2) is 23.7 Å². The minimum absolute atomic E-state index is 0.597. The number of pyridine rings is 2. The second-order valence-electron chi connectivity index (χ2n) is 19.2. The van der Waals surface area contributed by atoms with Crippen LogP contribution in [0.1, 0.15) is 22.3 Å². The molecule has 0 unspecified atom stereocenters. The van der Waals surface area contributed by atoms with Crippen LogP contribution >= 0.6 is 0 Å². The monoisotopic (exact) mass is 930 g/mol. The van der Waals surface area contributed by atoms with Gasteiger partial charge in [0.05, 0.1) is 68.4 Å². The van der Waals surface area contributed by atoms with Gasteiger partial charge < -0.3 is 18.4 Å². The maximum atomic E-state index is 8.06. The highest BCUT2D eigenvalue weighted by molar-refractivity contribution is 6.13. The smallest absolute Gasteiger partial charge is 0.188 e. The second kappa shape index (κ2) is 14.8. The maximum absolute atomic E-state index is 8.06. The summed E-state index contributed by atoms with van der Waals surface area (Å²) < 4.78 is 13.8. The van der Waals surface area contributed by atoms with E-state index >= 15 is 0 Å². The molecule has 1 spiro atoms. The van der Waals surface area contributed by atoms with Gasteiger partial charge in [0.15, 0.2) is 5.69 Å². The molecule has 0 fully saturated rings. The third-order valence-corrected chi connectivity index (χ3v) is 15.6. The summed E-state index contributed by atoms with van der Waals surface area (Å²) in [6, 6.07) is 77.6. The van der Waals surface area contributed by atoms with E-state index in [1.807, 2.05) is 36.7 Å². The number of para-hydroxylation sites is 6. The molecule has 7 heteroatoms. The van der Waals surface area contributed by atoms with Gasteiger partial charge in [0, 0.05) is 72.3 Å². The zero-order valence-corrected chi connectivity index (χ0v) is 39.0. The van der Waals surface area contributed by atoms with Gasteiger partial charge in [-0.2, -0.15) is 0 Å². The van der Waals surface area contributed by atoms with Crippen LogP contribution in [0.3, 0.4) is 0 Å². The van der Waals surface area contributed by atoms with Crippen LogP contribution < -0.4 is 4.74 Å². The van der Waals surface area contributed by atoms with E-state index in [1.54, 1.807) is 0 Å². The van der Waals surface area contributed by atoms with Crippen molar-refractivity contribution in [1.29, 1.82) is 0 Å². The number of hydrogen-bond donors (Lipinski definition) is 0. The third-order valence-electron chi connectivity index (χ3n) is 15.6. The lowest BCUT2D eigenvalue weighted by molar-refractivity contribution is 0.436. The Balaban J connectivity index is 0.906. The van der Waals surface area contributed by atoms with Crippen LogP contribution in [-0.2, 0) is 5.41 Å². The molecule has 9 aromatic carbocycles. The first-order valence-corrected chi connectivity index (χ1v) is 24.6. The molecular formula is C66H38N6O. The molecule has 0 radical (unpaired) electrons. The molecule has 0 N–H and O–H groups in total. The summed E-state index contributed by atoms with van der Waals surface area (Å²) in [6.07, 6.45) is 4.01. The summed E-state index contributed by atoms with van der Waals surface area (Å²) in [5, 5.41) is 6.91. The molecule has 2 aliphatic rings. The first-order valence-electron chi connectivity index (χ1n) is 24.6. The van der Waals surface area contributed by atoms with E-state index < -0.39 is 5.41 Å².